The van der Waals surface area contributed by atoms with Gasteiger partial charge in [0.2, 0.25) is 11.8 Å². The van der Waals surface area contributed by atoms with Crippen LogP contribution in [0.4, 0.5) is 0 Å². The van der Waals surface area contributed by atoms with Crippen LogP contribution in [0.1, 0.15) is 67.7 Å². The Hall–Kier alpha value is -1.89. The van der Waals surface area contributed by atoms with Crippen LogP contribution >= 0.6 is 0 Å². The standard InChI is InChI=1S/C24H43N3O4/c1-15(2)20(14-18(7)24(30)31-17(5)6)27(9)23(29)21(16(3)4)25-22(28)19-12-10-11-13-26(19)8/h14-17,19-21H,10-13H2,1-9H3,(H,25,28)/t19-,20-,21+/m1/s1. The Morgan fingerprint density at radius 3 is 2.16 bits per heavy atom. The van der Waals surface area contributed by atoms with E-state index in [-0.39, 0.29) is 47.8 Å². The molecule has 1 aliphatic rings. The molecule has 0 saturated carbocycles. The Bertz CT molecular complexity index is 657. The molecule has 1 rings (SSSR count). The predicted molar refractivity (Wildman–Crippen MR) is 123 cm³/mol. The van der Waals surface area contributed by atoms with Crippen molar-refractivity contribution in [2.24, 2.45) is 11.8 Å². The predicted octanol–water partition coefficient (Wildman–Crippen LogP) is 2.99. The van der Waals surface area contributed by atoms with Gasteiger partial charge in [0.25, 0.3) is 0 Å². The number of esters is 1. The van der Waals surface area contributed by atoms with Gasteiger partial charge in [-0.15, -0.1) is 0 Å². The van der Waals surface area contributed by atoms with Crippen LogP contribution in [0.15, 0.2) is 11.6 Å². The van der Waals surface area contributed by atoms with Gasteiger partial charge in [-0.2, -0.15) is 0 Å². The number of piperidine rings is 1. The number of carbonyl (C=O) groups excluding carboxylic acids is 3. The summed E-state index contributed by atoms with van der Waals surface area (Å²) in [7, 11) is 3.69. The molecule has 0 unspecified atom stereocenters. The minimum atomic E-state index is -0.620. The van der Waals surface area contributed by atoms with Crippen molar-refractivity contribution >= 4 is 17.8 Å². The Morgan fingerprint density at radius 1 is 1.06 bits per heavy atom. The topological polar surface area (TPSA) is 79.0 Å². The molecular weight excluding hydrogens is 394 g/mol. The Kier molecular flexibility index (Phi) is 10.7. The quantitative estimate of drug-likeness (QED) is 0.443. The maximum Gasteiger partial charge on any atom is 0.333 e. The van der Waals surface area contributed by atoms with Crippen LogP contribution in [0.5, 0.6) is 0 Å². The Morgan fingerprint density at radius 2 is 1.68 bits per heavy atom. The van der Waals surface area contributed by atoms with Gasteiger partial charge >= 0.3 is 5.97 Å². The molecule has 0 radical (unpaired) electrons. The summed E-state index contributed by atoms with van der Waals surface area (Å²) >= 11 is 0. The summed E-state index contributed by atoms with van der Waals surface area (Å²) in [5.74, 6) is -0.589. The number of nitrogens with zero attached hydrogens (tertiary/aromatic N) is 2. The van der Waals surface area contributed by atoms with E-state index in [1.54, 1.807) is 38.8 Å². The molecule has 1 aliphatic heterocycles. The number of hydrogen-bond acceptors (Lipinski definition) is 5. The van der Waals surface area contributed by atoms with Gasteiger partial charge in [0.1, 0.15) is 6.04 Å². The smallest absolute Gasteiger partial charge is 0.333 e. The fourth-order valence-electron chi connectivity index (χ4n) is 3.92. The van der Waals surface area contributed by atoms with Crippen LogP contribution in [-0.2, 0) is 19.1 Å². The largest absolute Gasteiger partial charge is 0.460 e. The van der Waals surface area contributed by atoms with Crippen molar-refractivity contribution in [2.75, 3.05) is 20.6 Å². The van der Waals surface area contributed by atoms with Gasteiger partial charge < -0.3 is 15.0 Å². The minimum Gasteiger partial charge on any atom is -0.460 e. The zero-order valence-corrected chi connectivity index (χ0v) is 20.9. The zero-order chi connectivity index (χ0) is 23.9. The van der Waals surface area contributed by atoms with Crippen LogP contribution in [-0.4, -0.2) is 72.5 Å². The molecule has 2 amide bonds. The number of nitrogens with one attached hydrogen (secondary N) is 1. The van der Waals surface area contributed by atoms with Crippen LogP contribution in [0, 0.1) is 11.8 Å². The Balaban J connectivity index is 3.01. The first-order valence-electron chi connectivity index (χ1n) is 11.5. The second-order valence-corrected chi connectivity index (χ2v) is 9.71. The van der Waals surface area contributed by atoms with Crippen molar-refractivity contribution in [3.8, 4) is 0 Å². The number of carbonyl (C=O) groups is 3. The molecule has 178 valence electrons. The first-order chi connectivity index (χ1) is 14.4. The number of amides is 2. The van der Waals surface area contributed by atoms with Crippen molar-refractivity contribution in [3.63, 3.8) is 0 Å². The zero-order valence-electron chi connectivity index (χ0n) is 20.9. The molecule has 1 heterocycles. The van der Waals surface area contributed by atoms with Crippen molar-refractivity contribution < 1.29 is 19.1 Å². The monoisotopic (exact) mass is 437 g/mol. The normalized spacial score (nSPS) is 20.0. The van der Waals surface area contributed by atoms with Crippen molar-refractivity contribution in [1.29, 1.82) is 0 Å². The molecule has 0 bridgehead atoms. The van der Waals surface area contributed by atoms with E-state index in [2.05, 4.69) is 10.2 Å². The van der Waals surface area contributed by atoms with Gasteiger partial charge in [0, 0.05) is 12.6 Å². The van der Waals surface area contributed by atoms with Crippen LogP contribution in [0.3, 0.4) is 0 Å². The molecule has 31 heavy (non-hydrogen) atoms. The lowest BCUT2D eigenvalue weighted by Gasteiger charge is -2.36. The highest BCUT2D eigenvalue weighted by Gasteiger charge is 2.34. The third kappa shape index (κ3) is 7.95. The summed E-state index contributed by atoms with van der Waals surface area (Å²) in [6.45, 7) is 14.1. The second kappa shape index (κ2) is 12.2. The molecule has 1 saturated heterocycles. The van der Waals surface area contributed by atoms with Gasteiger partial charge in [0.05, 0.1) is 18.2 Å². The lowest BCUT2D eigenvalue weighted by Crippen LogP contribution is -2.57. The molecular formula is C24H43N3O4. The molecule has 0 aliphatic carbocycles. The molecule has 3 atom stereocenters. The molecule has 0 aromatic rings. The summed E-state index contributed by atoms with van der Waals surface area (Å²) in [5, 5.41) is 3.01. The maximum atomic E-state index is 13.4. The second-order valence-electron chi connectivity index (χ2n) is 9.71. The van der Waals surface area contributed by atoms with E-state index in [0.717, 1.165) is 25.8 Å². The lowest BCUT2D eigenvalue weighted by molar-refractivity contribution is -0.143. The Labute approximate surface area is 188 Å². The first kappa shape index (κ1) is 27.1. The van der Waals surface area contributed by atoms with Crippen LogP contribution in [0.2, 0.25) is 0 Å². The number of likely N-dealkylation sites (N-methyl/N-ethyl adjacent to an activating group) is 2. The third-order valence-electron chi connectivity index (χ3n) is 5.87. The van der Waals surface area contributed by atoms with Gasteiger partial charge in [-0.3, -0.25) is 14.5 Å². The summed E-state index contributed by atoms with van der Waals surface area (Å²) in [4.78, 5) is 42.3. The fourth-order valence-corrected chi connectivity index (χ4v) is 3.92. The number of ether oxygens (including phenoxy) is 1. The summed E-state index contributed by atoms with van der Waals surface area (Å²) in [6.07, 6.45) is 4.52. The number of likely N-dealkylation sites (tertiary alicyclic amines) is 1. The summed E-state index contributed by atoms with van der Waals surface area (Å²) in [6, 6.07) is -1.10. The summed E-state index contributed by atoms with van der Waals surface area (Å²) in [5.41, 5.74) is 0.473. The van der Waals surface area contributed by atoms with E-state index < -0.39 is 6.04 Å². The van der Waals surface area contributed by atoms with Gasteiger partial charge in [-0.05, 0) is 59.0 Å². The van der Waals surface area contributed by atoms with Crippen LogP contribution < -0.4 is 5.32 Å². The van der Waals surface area contributed by atoms with E-state index in [9.17, 15) is 14.4 Å². The van der Waals surface area contributed by atoms with Crippen LogP contribution in [0.25, 0.3) is 0 Å². The van der Waals surface area contributed by atoms with Gasteiger partial charge in [-0.1, -0.05) is 40.2 Å². The van der Waals surface area contributed by atoms with Crippen molar-refractivity contribution in [3.05, 3.63) is 11.6 Å². The van der Waals surface area contributed by atoms with Gasteiger partial charge in [0.15, 0.2) is 0 Å². The molecule has 1 N–H and O–H groups in total. The molecule has 1 fully saturated rings. The van der Waals surface area contributed by atoms with E-state index in [1.807, 2.05) is 34.7 Å². The third-order valence-corrected chi connectivity index (χ3v) is 5.87. The average Bonchev–Trinajstić information content (AvgIpc) is 2.68. The van der Waals surface area contributed by atoms with E-state index in [0.29, 0.717) is 5.57 Å². The van der Waals surface area contributed by atoms with Gasteiger partial charge in [-0.25, -0.2) is 4.79 Å². The highest BCUT2D eigenvalue weighted by molar-refractivity contribution is 5.91. The molecule has 0 spiro atoms. The number of hydrogen-bond donors (Lipinski definition) is 1. The highest BCUT2D eigenvalue weighted by atomic mass is 16.5. The first-order valence-corrected chi connectivity index (χ1v) is 11.5. The molecule has 7 heteroatoms. The van der Waals surface area contributed by atoms with Crippen molar-refractivity contribution in [1.82, 2.24) is 15.1 Å². The van der Waals surface area contributed by atoms with E-state index >= 15 is 0 Å². The minimum absolute atomic E-state index is 0.0587. The van der Waals surface area contributed by atoms with E-state index in [1.165, 1.54) is 0 Å². The maximum absolute atomic E-state index is 13.4. The molecule has 7 nitrogen and oxygen atoms in total. The highest BCUT2D eigenvalue weighted by Crippen LogP contribution is 2.19. The summed E-state index contributed by atoms with van der Waals surface area (Å²) < 4.78 is 5.28. The van der Waals surface area contributed by atoms with E-state index in [4.69, 9.17) is 4.74 Å². The molecule has 0 aromatic heterocycles. The number of rotatable bonds is 9. The molecule has 0 aromatic carbocycles. The SMILES string of the molecule is CC(=C[C@H](C(C)C)N(C)C(=O)[C@@H](NC(=O)[C@H]1CCCCN1C)C(C)C)C(=O)OC(C)C. The average molecular weight is 438 g/mol. The lowest BCUT2D eigenvalue weighted by atomic mass is 9.96. The van der Waals surface area contributed by atoms with Crippen molar-refractivity contribution in [2.45, 2.75) is 92.0 Å². The fraction of sp³-hybridized carbons (Fsp3) is 0.792.